The van der Waals surface area contributed by atoms with E-state index in [1.54, 1.807) is 18.2 Å². The van der Waals surface area contributed by atoms with Gasteiger partial charge in [-0.2, -0.15) is 0 Å². The van der Waals surface area contributed by atoms with E-state index in [9.17, 15) is 0 Å². The molecule has 4 rings (SSSR count). The first-order valence-electron chi connectivity index (χ1n) is 10.7. The third-order valence-electron chi connectivity index (χ3n) is 6.35. The molecule has 1 aromatic heterocycles. The van der Waals surface area contributed by atoms with Gasteiger partial charge in [0.15, 0.2) is 0 Å². The Balaban J connectivity index is 1.35. The maximum absolute atomic E-state index is 5.37. The molecule has 4 nitrogen and oxygen atoms in total. The van der Waals surface area contributed by atoms with Crippen molar-refractivity contribution in [2.45, 2.75) is 38.3 Å². The molecule has 28 heavy (non-hydrogen) atoms. The second kappa shape index (κ2) is 9.64. The molecule has 0 bridgehead atoms. The summed E-state index contributed by atoms with van der Waals surface area (Å²) in [6.45, 7) is 6.37. The zero-order chi connectivity index (χ0) is 19.2. The van der Waals surface area contributed by atoms with Gasteiger partial charge in [-0.15, -0.1) is 0 Å². The molecule has 0 N–H and O–H groups in total. The Bertz CT molecular complexity index is 711. The molecule has 0 radical (unpaired) electrons. The molecule has 1 fully saturated rings. The van der Waals surface area contributed by atoms with Gasteiger partial charge in [-0.3, -0.25) is 14.8 Å². The van der Waals surface area contributed by atoms with Crippen molar-refractivity contribution in [2.75, 3.05) is 39.9 Å². The van der Waals surface area contributed by atoms with E-state index >= 15 is 0 Å². The molecule has 1 aliphatic heterocycles. The van der Waals surface area contributed by atoms with Crippen LogP contribution in [0.4, 0.5) is 0 Å². The number of piperidine rings is 1. The van der Waals surface area contributed by atoms with E-state index in [2.05, 4.69) is 45.1 Å². The van der Waals surface area contributed by atoms with Crippen molar-refractivity contribution in [1.29, 1.82) is 0 Å². The summed E-state index contributed by atoms with van der Waals surface area (Å²) in [5.74, 6) is 0.742. The summed E-state index contributed by atoms with van der Waals surface area (Å²) in [7, 11) is 1.79. The maximum atomic E-state index is 5.37. The molecule has 0 spiro atoms. The Hall–Kier alpha value is -1.75. The fourth-order valence-corrected chi connectivity index (χ4v) is 4.94. The number of benzene rings is 1. The lowest BCUT2D eigenvalue weighted by Crippen LogP contribution is -2.46. The molecule has 0 saturated carbocycles. The van der Waals surface area contributed by atoms with E-state index in [0.29, 0.717) is 6.04 Å². The summed E-state index contributed by atoms with van der Waals surface area (Å²) in [5, 5.41) is 0. The lowest BCUT2D eigenvalue weighted by atomic mass is 9.95. The predicted octanol–water partition coefficient (Wildman–Crippen LogP) is 3.41. The lowest BCUT2D eigenvalue weighted by molar-refractivity contribution is 0.0843. The first kappa shape index (κ1) is 19.6. The number of hydrogen-bond acceptors (Lipinski definition) is 4. The minimum absolute atomic E-state index is 0.700. The van der Waals surface area contributed by atoms with E-state index in [-0.39, 0.29) is 0 Å². The van der Waals surface area contributed by atoms with Crippen LogP contribution in [0.1, 0.15) is 29.5 Å². The highest BCUT2D eigenvalue weighted by Gasteiger charge is 2.30. The van der Waals surface area contributed by atoms with Crippen LogP contribution in [-0.4, -0.2) is 60.7 Å². The van der Waals surface area contributed by atoms with Crippen LogP contribution in [-0.2, 0) is 24.1 Å². The molecular weight excluding hydrogens is 346 g/mol. The SMILES string of the molecule is COCCN(Cc1cccnc1)C[C@H]1CCCN(C2Cc3ccccc3C2)C1. The van der Waals surface area contributed by atoms with Gasteiger partial charge in [0.25, 0.3) is 0 Å². The zero-order valence-electron chi connectivity index (χ0n) is 17.1. The first-order valence-corrected chi connectivity index (χ1v) is 10.7. The van der Waals surface area contributed by atoms with Crippen LogP contribution in [0.3, 0.4) is 0 Å². The molecule has 1 atom stereocenters. The number of aromatic nitrogens is 1. The molecule has 2 aromatic rings. The standard InChI is InChI=1S/C24H33N3O/c1-28-13-12-26(17-20-6-4-10-25-16-20)18-21-7-5-11-27(19-21)24-14-22-8-2-3-9-23(22)15-24/h2-4,6,8-10,16,21,24H,5,7,11-15,17-19H2,1H3/t21-/m1/s1. The van der Waals surface area contributed by atoms with Gasteiger partial charge in [0.1, 0.15) is 0 Å². The second-order valence-electron chi connectivity index (χ2n) is 8.42. The summed E-state index contributed by atoms with van der Waals surface area (Å²) < 4.78 is 5.37. The number of methoxy groups -OCH3 is 1. The highest BCUT2D eigenvalue weighted by atomic mass is 16.5. The fraction of sp³-hybridized carbons (Fsp3) is 0.542. The van der Waals surface area contributed by atoms with Crippen LogP contribution in [0.5, 0.6) is 0 Å². The van der Waals surface area contributed by atoms with Gasteiger partial charge >= 0.3 is 0 Å². The van der Waals surface area contributed by atoms with Crippen molar-refractivity contribution in [1.82, 2.24) is 14.8 Å². The molecule has 150 valence electrons. The van der Waals surface area contributed by atoms with Gasteiger partial charge in [-0.1, -0.05) is 30.3 Å². The monoisotopic (exact) mass is 379 g/mol. The minimum atomic E-state index is 0.700. The second-order valence-corrected chi connectivity index (χ2v) is 8.42. The largest absolute Gasteiger partial charge is 0.383 e. The molecule has 1 aliphatic carbocycles. The lowest BCUT2D eigenvalue weighted by Gasteiger charge is -2.38. The van der Waals surface area contributed by atoms with Crippen molar-refractivity contribution in [3.05, 3.63) is 65.5 Å². The maximum Gasteiger partial charge on any atom is 0.0589 e. The normalized spacial score (nSPS) is 20.6. The van der Waals surface area contributed by atoms with Gasteiger partial charge in [0, 0.05) is 51.7 Å². The van der Waals surface area contributed by atoms with E-state index in [0.717, 1.165) is 32.2 Å². The fourth-order valence-electron chi connectivity index (χ4n) is 4.94. The van der Waals surface area contributed by atoms with Crippen LogP contribution in [0.2, 0.25) is 0 Å². The summed E-state index contributed by atoms with van der Waals surface area (Å²) in [5.41, 5.74) is 4.42. The third kappa shape index (κ3) is 4.99. The van der Waals surface area contributed by atoms with Crippen molar-refractivity contribution < 1.29 is 4.74 Å². The van der Waals surface area contributed by atoms with Gasteiger partial charge in [0.05, 0.1) is 6.61 Å². The quantitative estimate of drug-likeness (QED) is 0.703. The van der Waals surface area contributed by atoms with Crippen molar-refractivity contribution >= 4 is 0 Å². The number of fused-ring (bicyclic) bond motifs is 1. The van der Waals surface area contributed by atoms with Crippen LogP contribution < -0.4 is 0 Å². The Morgan fingerprint density at radius 2 is 1.96 bits per heavy atom. The van der Waals surface area contributed by atoms with Crippen molar-refractivity contribution in [2.24, 2.45) is 5.92 Å². The summed E-state index contributed by atoms with van der Waals surface area (Å²) in [6.07, 6.45) is 8.96. The number of likely N-dealkylation sites (tertiary alicyclic amines) is 1. The van der Waals surface area contributed by atoms with E-state index in [1.807, 2.05) is 18.5 Å². The molecule has 4 heteroatoms. The summed E-state index contributed by atoms with van der Waals surface area (Å²) >= 11 is 0. The minimum Gasteiger partial charge on any atom is -0.383 e. The number of pyridine rings is 1. The molecular formula is C24H33N3O. The van der Waals surface area contributed by atoms with Crippen LogP contribution in [0.25, 0.3) is 0 Å². The summed E-state index contributed by atoms with van der Waals surface area (Å²) in [4.78, 5) is 9.61. The average Bonchev–Trinajstić information content (AvgIpc) is 3.17. The highest BCUT2D eigenvalue weighted by molar-refractivity contribution is 5.33. The number of nitrogens with zero attached hydrogens (tertiary/aromatic N) is 3. The smallest absolute Gasteiger partial charge is 0.0589 e. The topological polar surface area (TPSA) is 28.6 Å². The van der Waals surface area contributed by atoms with E-state index in [4.69, 9.17) is 4.74 Å². The van der Waals surface area contributed by atoms with Crippen molar-refractivity contribution in [3.63, 3.8) is 0 Å². The predicted molar refractivity (Wildman–Crippen MR) is 113 cm³/mol. The molecule has 2 aliphatic rings. The average molecular weight is 380 g/mol. The zero-order valence-corrected chi connectivity index (χ0v) is 17.1. The van der Waals surface area contributed by atoms with Gasteiger partial charge in [-0.25, -0.2) is 0 Å². The van der Waals surface area contributed by atoms with Gasteiger partial charge in [0.2, 0.25) is 0 Å². The number of hydrogen-bond donors (Lipinski definition) is 0. The molecule has 0 amide bonds. The Morgan fingerprint density at radius 3 is 2.68 bits per heavy atom. The van der Waals surface area contributed by atoms with Crippen LogP contribution in [0, 0.1) is 5.92 Å². The number of rotatable bonds is 8. The summed E-state index contributed by atoms with van der Waals surface area (Å²) in [6, 6.07) is 13.9. The molecule has 1 saturated heterocycles. The Labute approximate surface area is 169 Å². The highest BCUT2D eigenvalue weighted by Crippen LogP contribution is 2.29. The Kier molecular flexibility index (Phi) is 6.73. The number of ether oxygens (including phenoxy) is 1. The molecule has 0 unspecified atom stereocenters. The Morgan fingerprint density at radius 1 is 1.14 bits per heavy atom. The molecule has 2 heterocycles. The van der Waals surface area contributed by atoms with Gasteiger partial charge < -0.3 is 4.74 Å². The van der Waals surface area contributed by atoms with Gasteiger partial charge in [-0.05, 0) is 60.9 Å². The first-order chi connectivity index (χ1) is 13.8. The third-order valence-corrected chi connectivity index (χ3v) is 6.35. The molecule has 1 aromatic carbocycles. The van der Waals surface area contributed by atoms with Crippen LogP contribution in [0.15, 0.2) is 48.8 Å². The van der Waals surface area contributed by atoms with Crippen molar-refractivity contribution in [3.8, 4) is 0 Å². The van der Waals surface area contributed by atoms with E-state index < -0.39 is 0 Å². The van der Waals surface area contributed by atoms with Crippen LogP contribution >= 0.6 is 0 Å². The van der Waals surface area contributed by atoms with E-state index in [1.165, 1.54) is 44.3 Å².